The maximum Gasteiger partial charge on any atom is 0.244 e. The number of hydrogen-bond donors (Lipinski definition) is 3. The lowest BCUT2D eigenvalue weighted by Gasteiger charge is -2.20. The molecule has 1 aromatic rings. The van der Waals surface area contributed by atoms with Crippen LogP contribution in [-0.4, -0.2) is 36.6 Å². The zero-order chi connectivity index (χ0) is 15.6. The van der Waals surface area contributed by atoms with E-state index in [9.17, 15) is 13.2 Å². The van der Waals surface area contributed by atoms with Gasteiger partial charge in [-0.15, -0.1) is 0 Å². The van der Waals surface area contributed by atoms with E-state index in [1.54, 1.807) is 13.8 Å². The van der Waals surface area contributed by atoms with Gasteiger partial charge in [-0.3, -0.25) is 9.89 Å². The number of carbonyl (C=O) groups is 1. The summed E-state index contributed by atoms with van der Waals surface area (Å²) in [5.74, 6) is -0.194. The first-order chi connectivity index (χ1) is 9.03. The standard InChI is InChI=1S/C12H22N4O3S/c1-8-11(9(2)16-15-8)20(18,19)13-7-6-10(17)14-12(3,4)5/h13H,6-7H2,1-5H3,(H,14,17)(H,15,16). The lowest BCUT2D eigenvalue weighted by molar-refractivity contribution is -0.122. The number of nitrogens with zero attached hydrogens (tertiary/aromatic N) is 1. The normalized spacial score (nSPS) is 12.4. The Kier molecular flexibility index (Phi) is 4.93. The molecular weight excluding hydrogens is 280 g/mol. The maximum atomic E-state index is 12.1. The summed E-state index contributed by atoms with van der Waals surface area (Å²) in [6, 6.07) is 0. The van der Waals surface area contributed by atoms with Crippen molar-refractivity contribution in [3.8, 4) is 0 Å². The van der Waals surface area contributed by atoms with Gasteiger partial charge in [-0.1, -0.05) is 0 Å². The molecule has 0 unspecified atom stereocenters. The van der Waals surface area contributed by atoms with E-state index in [4.69, 9.17) is 0 Å². The first-order valence-electron chi connectivity index (χ1n) is 6.35. The number of aromatic nitrogens is 2. The van der Waals surface area contributed by atoms with Crippen LogP contribution in [0, 0.1) is 13.8 Å². The van der Waals surface area contributed by atoms with E-state index in [1.165, 1.54) is 0 Å². The number of H-pyrrole nitrogens is 1. The number of sulfonamides is 1. The Morgan fingerprint density at radius 1 is 1.30 bits per heavy atom. The van der Waals surface area contributed by atoms with E-state index in [1.807, 2.05) is 20.8 Å². The number of rotatable bonds is 5. The Labute approximate surface area is 119 Å². The van der Waals surface area contributed by atoms with Crippen molar-refractivity contribution in [1.82, 2.24) is 20.2 Å². The third kappa shape index (κ3) is 4.61. The molecule has 8 heteroatoms. The Hall–Kier alpha value is -1.41. The van der Waals surface area contributed by atoms with Gasteiger partial charge in [-0.2, -0.15) is 5.10 Å². The Balaban J connectivity index is 2.60. The zero-order valence-corrected chi connectivity index (χ0v) is 13.3. The van der Waals surface area contributed by atoms with Crippen LogP contribution in [0.4, 0.5) is 0 Å². The third-order valence-corrected chi connectivity index (χ3v) is 4.21. The summed E-state index contributed by atoms with van der Waals surface area (Å²) in [6.07, 6.45) is 0.0897. The van der Waals surface area contributed by atoms with E-state index >= 15 is 0 Å². The van der Waals surface area contributed by atoms with Crippen LogP contribution in [0.3, 0.4) is 0 Å². The van der Waals surface area contributed by atoms with Crippen LogP contribution in [0.25, 0.3) is 0 Å². The van der Waals surface area contributed by atoms with Crippen LogP contribution in [0.2, 0.25) is 0 Å². The smallest absolute Gasteiger partial charge is 0.244 e. The molecule has 1 amide bonds. The molecule has 0 aliphatic heterocycles. The second-order valence-electron chi connectivity index (χ2n) is 5.71. The van der Waals surface area contributed by atoms with Crippen molar-refractivity contribution in [2.45, 2.75) is 51.5 Å². The van der Waals surface area contributed by atoms with Gasteiger partial charge in [0.1, 0.15) is 4.90 Å². The van der Waals surface area contributed by atoms with E-state index in [-0.39, 0.29) is 29.3 Å². The van der Waals surface area contributed by atoms with Gasteiger partial charge in [0.15, 0.2) is 0 Å². The SMILES string of the molecule is Cc1n[nH]c(C)c1S(=O)(=O)NCCC(=O)NC(C)(C)C. The molecule has 0 spiro atoms. The maximum absolute atomic E-state index is 12.1. The van der Waals surface area contributed by atoms with Gasteiger partial charge in [-0.05, 0) is 34.6 Å². The van der Waals surface area contributed by atoms with Crippen molar-refractivity contribution in [2.75, 3.05) is 6.54 Å². The summed E-state index contributed by atoms with van der Waals surface area (Å²) >= 11 is 0. The molecule has 0 bridgehead atoms. The molecule has 0 fully saturated rings. The summed E-state index contributed by atoms with van der Waals surface area (Å²) in [6.45, 7) is 8.91. The highest BCUT2D eigenvalue weighted by molar-refractivity contribution is 7.89. The Bertz CT molecular complexity index is 565. The van der Waals surface area contributed by atoms with Crippen LogP contribution in [-0.2, 0) is 14.8 Å². The summed E-state index contributed by atoms with van der Waals surface area (Å²) in [5.41, 5.74) is 0.566. The minimum atomic E-state index is -3.64. The molecule has 1 aromatic heterocycles. The van der Waals surface area contributed by atoms with Gasteiger partial charge >= 0.3 is 0 Å². The van der Waals surface area contributed by atoms with Crippen molar-refractivity contribution in [3.63, 3.8) is 0 Å². The molecule has 7 nitrogen and oxygen atoms in total. The van der Waals surface area contributed by atoms with Gasteiger partial charge in [-0.25, -0.2) is 13.1 Å². The molecule has 0 aromatic carbocycles. The number of carbonyl (C=O) groups excluding carboxylic acids is 1. The molecule has 0 aliphatic carbocycles. The highest BCUT2D eigenvalue weighted by Crippen LogP contribution is 2.15. The molecule has 0 atom stereocenters. The third-order valence-electron chi connectivity index (χ3n) is 2.49. The fraction of sp³-hybridized carbons (Fsp3) is 0.667. The molecule has 0 saturated heterocycles. The predicted octanol–water partition coefficient (Wildman–Crippen LogP) is 0.610. The van der Waals surface area contributed by atoms with Gasteiger partial charge in [0, 0.05) is 18.5 Å². The predicted molar refractivity (Wildman–Crippen MR) is 75.8 cm³/mol. The molecule has 0 radical (unpaired) electrons. The second kappa shape index (κ2) is 5.92. The molecule has 114 valence electrons. The molecule has 20 heavy (non-hydrogen) atoms. The van der Waals surface area contributed by atoms with Crippen molar-refractivity contribution < 1.29 is 13.2 Å². The Morgan fingerprint density at radius 3 is 2.35 bits per heavy atom. The zero-order valence-electron chi connectivity index (χ0n) is 12.5. The quantitative estimate of drug-likeness (QED) is 0.741. The molecule has 0 saturated carbocycles. The van der Waals surface area contributed by atoms with Gasteiger partial charge in [0.25, 0.3) is 0 Å². The largest absolute Gasteiger partial charge is 0.351 e. The van der Waals surface area contributed by atoms with Crippen LogP contribution in [0.1, 0.15) is 38.6 Å². The van der Waals surface area contributed by atoms with Crippen molar-refractivity contribution in [1.29, 1.82) is 0 Å². The summed E-state index contributed by atoms with van der Waals surface area (Å²) in [7, 11) is -3.64. The number of aromatic amines is 1. The van der Waals surface area contributed by atoms with Crippen LogP contribution >= 0.6 is 0 Å². The van der Waals surface area contributed by atoms with Crippen molar-refractivity contribution in [2.24, 2.45) is 0 Å². The average molecular weight is 302 g/mol. The molecule has 0 aliphatic rings. The number of amides is 1. The van der Waals surface area contributed by atoms with Crippen LogP contribution in [0.5, 0.6) is 0 Å². The van der Waals surface area contributed by atoms with E-state index in [2.05, 4.69) is 20.2 Å². The summed E-state index contributed by atoms with van der Waals surface area (Å²) < 4.78 is 26.6. The monoisotopic (exact) mass is 302 g/mol. The average Bonchev–Trinajstić information content (AvgIpc) is 2.55. The highest BCUT2D eigenvalue weighted by Gasteiger charge is 2.22. The fourth-order valence-electron chi connectivity index (χ4n) is 1.79. The summed E-state index contributed by atoms with van der Waals surface area (Å²) in [4.78, 5) is 11.7. The lowest BCUT2D eigenvalue weighted by atomic mass is 10.1. The van der Waals surface area contributed by atoms with E-state index in [0.29, 0.717) is 11.4 Å². The van der Waals surface area contributed by atoms with Gasteiger partial charge in [0.05, 0.1) is 11.4 Å². The number of aryl methyl sites for hydroxylation is 2. The Morgan fingerprint density at radius 2 is 1.90 bits per heavy atom. The van der Waals surface area contributed by atoms with Gasteiger partial charge in [0.2, 0.25) is 15.9 Å². The van der Waals surface area contributed by atoms with Crippen molar-refractivity contribution >= 4 is 15.9 Å². The minimum Gasteiger partial charge on any atom is -0.351 e. The first-order valence-corrected chi connectivity index (χ1v) is 7.83. The second-order valence-corrected chi connectivity index (χ2v) is 7.41. The summed E-state index contributed by atoms with van der Waals surface area (Å²) in [5, 5.41) is 9.25. The molecular formula is C12H22N4O3S. The molecule has 3 N–H and O–H groups in total. The van der Waals surface area contributed by atoms with Gasteiger partial charge < -0.3 is 5.32 Å². The topological polar surface area (TPSA) is 104 Å². The highest BCUT2D eigenvalue weighted by atomic mass is 32.2. The van der Waals surface area contributed by atoms with E-state index < -0.39 is 10.0 Å². The van der Waals surface area contributed by atoms with Crippen molar-refractivity contribution in [3.05, 3.63) is 11.4 Å². The lowest BCUT2D eigenvalue weighted by Crippen LogP contribution is -2.42. The number of hydrogen-bond acceptors (Lipinski definition) is 4. The van der Waals surface area contributed by atoms with Crippen LogP contribution in [0.15, 0.2) is 4.90 Å². The number of nitrogens with one attached hydrogen (secondary N) is 3. The van der Waals surface area contributed by atoms with Crippen LogP contribution < -0.4 is 10.0 Å². The first kappa shape index (κ1) is 16.6. The fourth-order valence-corrected chi connectivity index (χ4v) is 3.19. The molecule has 1 rings (SSSR count). The van der Waals surface area contributed by atoms with E-state index in [0.717, 1.165) is 0 Å². The molecule has 1 heterocycles. The minimum absolute atomic E-state index is 0.0499.